The van der Waals surface area contributed by atoms with E-state index in [0.29, 0.717) is 6.04 Å². The number of aromatic nitrogens is 1. The molecule has 1 aromatic heterocycles. The Morgan fingerprint density at radius 1 is 1.41 bits per heavy atom. The molecule has 96 valence electrons. The smallest absolute Gasteiger partial charge is 0.185 e. The molecule has 0 spiro atoms. The molecule has 1 aliphatic rings. The molecule has 2 heterocycles. The Bertz CT molecular complexity index is 359. The van der Waals surface area contributed by atoms with Gasteiger partial charge in [0.15, 0.2) is 5.13 Å². The van der Waals surface area contributed by atoms with Crippen molar-refractivity contribution in [2.75, 3.05) is 31.2 Å². The number of thiazole rings is 1. The number of anilines is 1. The summed E-state index contributed by atoms with van der Waals surface area (Å²) >= 11 is 1.80. The van der Waals surface area contributed by atoms with Gasteiger partial charge in [0.25, 0.3) is 0 Å². The standard InChI is InChI=1S/C12H21N3OS/c1-9(2)13-8-11-10(3)14-12(17-11)15-4-6-16-7-5-15/h9,13H,4-8H2,1-3H3. The lowest BCUT2D eigenvalue weighted by Gasteiger charge is -2.26. The van der Waals surface area contributed by atoms with Crippen molar-refractivity contribution in [2.24, 2.45) is 0 Å². The Morgan fingerprint density at radius 2 is 2.12 bits per heavy atom. The Morgan fingerprint density at radius 3 is 2.76 bits per heavy atom. The normalized spacial score (nSPS) is 16.8. The summed E-state index contributed by atoms with van der Waals surface area (Å²) in [5.74, 6) is 0. The second-order valence-corrected chi connectivity index (χ2v) is 5.70. The zero-order chi connectivity index (χ0) is 12.3. The van der Waals surface area contributed by atoms with Gasteiger partial charge in [-0.15, -0.1) is 11.3 Å². The average Bonchev–Trinajstić information content (AvgIpc) is 2.69. The Balaban J connectivity index is 2.01. The lowest BCUT2D eigenvalue weighted by molar-refractivity contribution is 0.122. The van der Waals surface area contributed by atoms with Crippen molar-refractivity contribution in [2.45, 2.75) is 33.4 Å². The Hall–Kier alpha value is -0.650. The first kappa shape index (κ1) is 12.8. The van der Waals surface area contributed by atoms with Crippen LogP contribution in [0.1, 0.15) is 24.4 Å². The van der Waals surface area contributed by atoms with Gasteiger partial charge in [-0.05, 0) is 6.92 Å². The van der Waals surface area contributed by atoms with Gasteiger partial charge in [-0.25, -0.2) is 4.98 Å². The topological polar surface area (TPSA) is 37.4 Å². The quantitative estimate of drug-likeness (QED) is 0.890. The van der Waals surface area contributed by atoms with Crippen molar-refractivity contribution < 1.29 is 4.74 Å². The Labute approximate surface area is 107 Å². The fraction of sp³-hybridized carbons (Fsp3) is 0.750. The molecule has 1 fully saturated rings. The summed E-state index contributed by atoms with van der Waals surface area (Å²) in [6, 6.07) is 0.517. The van der Waals surface area contributed by atoms with E-state index in [2.05, 4.69) is 36.0 Å². The molecule has 1 saturated heterocycles. The fourth-order valence-electron chi connectivity index (χ4n) is 1.76. The van der Waals surface area contributed by atoms with Gasteiger partial charge in [-0.1, -0.05) is 13.8 Å². The molecule has 0 aliphatic carbocycles. The largest absolute Gasteiger partial charge is 0.378 e. The summed E-state index contributed by atoms with van der Waals surface area (Å²) in [4.78, 5) is 8.33. The van der Waals surface area contributed by atoms with Gasteiger partial charge in [0, 0.05) is 30.6 Å². The first-order valence-electron chi connectivity index (χ1n) is 6.19. The molecule has 1 aliphatic heterocycles. The predicted molar refractivity (Wildman–Crippen MR) is 71.9 cm³/mol. The molecule has 0 bridgehead atoms. The van der Waals surface area contributed by atoms with Crippen molar-refractivity contribution in [3.8, 4) is 0 Å². The van der Waals surface area contributed by atoms with Crippen LogP contribution in [0.25, 0.3) is 0 Å². The van der Waals surface area contributed by atoms with E-state index in [1.54, 1.807) is 11.3 Å². The summed E-state index contributed by atoms with van der Waals surface area (Å²) in [5, 5.41) is 4.59. The van der Waals surface area contributed by atoms with E-state index in [4.69, 9.17) is 4.74 Å². The maximum Gasteiger partial charge on any atom is 0.185 e. The molecule has 4 nitrogen and oxygen atoms in total. The minimum Gasteiger partial charge on any atom is -0.378 e. The van der Waals surface area contributed by atoms with Gasteiger partial charge in [0.2, 0.25) is 0 Å². The van der Waals surface area contributed by atoms with Crippen molar-refractivity contribution >= 4 is 16.5 Å². The molecule has 0 radical (unpaired) electrons. The van der Waals surface area contributed by atoms with Crippen LogP contribution in [0.3, 0.4) is 0 Å². The van der Waals surface area contributed by atoms with Crippen LogP contribution in [0.15, 0.2) is 0 Å². The molecular weight excluding hydrogens is 234 g/mol. The number of morpholine rings is 1. The number of ether oxygens (including phenoxy) is 1. The SMILES string of the molecule is Cc1nc(N2CCOCC2)sc1CNC(C)C. The van der Waals surface area contributed by atoms with Crippen molar-refractivity contribution in [3.63, 3.8) is 0 Å². The third-order valence-electron chi connectivity index (χ3n) is 2.83. The van der Waals surface area contributed by atoms with Gasteiger partial charge in [-0.3, -0.25) is 0 Å². The molecule has 0 atom stereocenters. The van der Waals surface area contributed by atoms with Crippen molar-refractivity contribution in [1.82, 2.24) is 10.3 Å². The average molecular weight is 255 g/mol. The van der Waals surface area contributed by atoms with E-state index in [9.17, 15) is 0 Å². The Kier molecular flexibility index (Phi) is 4.36. The molecular formula is C12H21N3OS. The molecule has 0 amide bonds. The van der Waals surface area contributed by atoms with Crippen LogP contribution < -0.4 is 10.2 Å². The van der Waals surface area contributed by atoms with E-state index in [1.807, 2.05) is 0 Å². The third-order valence-corrected chi connectivity index (χ3v) is 4.05. The number of nitrogens with one attached hydrogen (secondary N) is 1. The highest BCUT2D eigenvalue weighted by Crippen LogP contribution is 2.26. The molecule has 5 heteroatoms. The molecule has 0 unspecified atom stereocenters. The third kappa shape index (κ3) is 3.40. The van der Waals surface area contributed by atoms with Gasteiger partial charge >= 0.3 is 0 Å². The van der Waals surface area contributed by atoms with Crippen LogP contribution in [0.2, 0.25) is 0 Å². The summed E-state index contributed by atoms with van der Waals surface area (Å²) in [6.07, 6.45) is 0. The van der Waals surface area contributed by atoms with Gasteiger partial charge in [0.05, 0.1) is 18.9 Å². The molecule has 0 aromatic carbocycles. The van der Waals surface area contributed by atoms with Crippen LogP contribution in [0, 0.1) is 6.92 Å². The number of nitrogens with zero attached hydrogens (tertiary/aromatic N) is 2. The van der Waals surface area contributed by atoms with E-state index in [-0.39, 0.29) is 0 Å². The summed E-state index contributed by atoms with van der Waals surface area (Å²) < 4.78 is 5.36. The number of aryl methyl sites for hydroxylation is 1. The molecule has 1 N–H and O–H groups in total. The van der Waals surface area contributed by atoms with Crippen LogP contribution in [0.5, 0.6) is 0 Å². The maximum atomic E-state index is 5.36. The lowest BCUT2D eigenvalue weighted by Crippen LogP contribution is -2.36. The monoisotopic (exact) mass is 255 g/mol. The second-order valence-electron chi connectivity index (χ2n) is 4.64. The van der Waals surface area contributed by atoms with Crippen LogP contribution >= 0.6 is 11.3 Å². The highest BCUT2D eigenvalue weighted by Gasteiger charge is 2.16. The van der Waals surface area contributed by atoms with Crippen molar-refractivity contribution in [1.29, 1.82) is 0 Å². The van der Waals surface area contributed by atoms with E-state index in [0.717, 1.165) is 43.7 Å². The summed E-state index contributed by atoms with van der Waals surface area (Å²) in [5.41, 5.74) is 1.16. The summed E-state index contributed by atoms with van der Waals surface area (Å²) in [7, 11) is 0. The molecule has 17 heavy (non-hydrogen) atoms. The molecule has 1 aromatic rings. The zero-order valence-electron chi connectivity index (χ0n) is 10.8. The van der Waals surface area contributed by atoms with E-state index in [1.165, 1.54) is 4.88 Å². The molecule has 0 saturated carbocycles. The van der Waals surface area contributed by atoms with E-state index < -0.39 is 0 Å². The summed E-state index contributed by atoms with van der Waals surface area (Å²) in [6.45, 7) is 10.9. The van der Waals surface area contributed by atoms with Crippen molar-refractivity contribution in [3.05, 3.63) is 10.6 Å². The number of hydrogen-bond donors (Lipinski definition) is 1. The van der Waals surface area contributed by atoms with Gasteiger partial charge < -0.3 is 15.0 Å². The number of rotatable bonds is 4. The van der Waals surface area contributed by atoms with E-state index >= 15 is 0 Å². The minimum atomic E-state index is 0.517. The fourth-order valence-corrected chi connectivity index (χ4v) is 2.83. The first-order chi connectivity index (χ1) is 8.16. The second kappa shape index (κ2) is 5.80. The van der Waals surface area contributed by atoms with Crippen LogP contribution in [-0.4, -0.2) is 37.3 Å². The van der Waals surface area contributed by atoms with Gasteiger partial charge in [-0.2, -0.15) is 0 Å². The predicted octanol–water partition coefficient (Wildman–Crippen LogP) is 1.79. The first-order valence-corrected chi connectivity index (χ1v) is 7.01. The van der Waals surface area contributed by atoms with Crippen LogP contribution in [-0.2, 0) is 11.3 Å². The lowest BCUT2D eigenvalue weighted by atomic mass is 10.3. The zero-order valence-corrected chi connectivity index (χ0v) is 11.6. The highest BCUT2D eigenvalue weighted by molar-refractivity contribution is 7.15. The minimum absolute atomic E-state index is 0.517. The van der Waals surface area contributed by atoms with Gasteiger partial charge in [0.1, 0.15) is 0 Å². The molecule has 2 rings (SSSR count). The highest BCUT2D eigenvalue weighted by atomic mass is 32.1. The maximum absolute atomic E-state index is 5.36. The van der Waals surface area contributed by atoms with Crippen LogP contribution in [0.4, 0.5) is 5.13 Å². The number of hydrogen-bond acceptors (Lipinski definition) is 5.